The number of primary amides is 2. The third-order valence-corrected chi connectivity index (χ3v) is 0.434. The van der Waals surface area contributed by atoms with E-state index in [1.807, 2.05) is 22.7 Å². The minimum Gasteiger partial charge on any atom is -0.351 e. The van der Waals surface area contributed by atoms with Gasteiger partial charge < -0.3 is 11.5 Å². The Bertz CT molecular complexity index is 181. The summed E-state index contributed by atoms with van der Waals surface area (Å²) in [6, 6.07) is 2.47. The minimum atomic E-state index is -0.793. The fraction of sp³-hybridized carbons (Fsp3) is 0. The Morgan fingerprint density at radius 2 is 1.30 bits per heavy atom. The monoisotopic (exact) mass is 142 g/mol. The third kappa shape index (κ3) is 6.10. The first-order chi connectivity index (χ1) is 4.63. The van der Waals surface area contributed by atoms with Gasteiger partial charge in [0.15, 0.2) is 0 Å². The molecule has 4 amide bonds. The van der Waals surface area contributed by atoms with Crippen LogP contribution in [0.3, 0.4) is 0 Å². The SMILES string of the molecule is NC(=O)NC#CNC(N)=O. The summed E-state index contributed by atoms with van der Waals surface area (Å²) in [4.78, 5) is 19.8. The Kier molecular flexibility index (Phi) is 3.26. The Morgan fingerprint density at radius 1 is 1.00 bits per heavy atom. The Balaban J connectivity index is 3.51. The van der Waals surface area contributed by atoms with Crippen LogP contribution in [0.1, 0.15) is 0 Å². The second kappa shape index (κ2) is 4.03. The van der Waals surface area contributed by atoms with Crippen LogP contribution in [-0.4, -0.2) is 12.1 Å². The van der Waals surface area contributed by atoms with E-state index in [1.165, 1.54) is 0 Å². The molecule has 0 heterocycles. The molecule has 0 aromatic rings. The van der Waals surface area contributed by atoms with Gasteiger partial charge in [0, 0.05) is 12.1 Å². The highest BCUT2D eigenvalue weighted by Crippen LogP contribution is 1.51. The van der Waals surface area contributed by atoms with Crippen molar-refractivity contribution in [2.45, 2.75) is 0 Å². The summed E-state index contributed by atoms with van der Waals surface area (Å²) in [6.45, 7) is 0. The van der Waals surface area contributed by atoms with Crippen molar-refractivity contribution in [2.24, 2.45) is 11.5 Å². The van der Waals surface area contributed by atoms with Crippen LogP contribution in [0.2, 0.25) is 0 Å². The van der Waals surface area contributed by atoms with Crippen LogP contribution in [0.4, 0.5) is 9.59 Å². The summed E-state index contributed by atoms with van der Waals surface area (Å²) >= 11 is 0. The number of nitrogens with one attached hydrogen (secondary N) is 2. The zero-order valence-electron chi connectivity index (χ0n) is 4.97. The molecule has 10 heavy (non-hydrogen) atoms. The number of nitrogens with two attached hydrogens (primary N) is 2. The molecule has 54 valence electrons. The quantitative estimate of drug-likeness (QED) is 0.237. The van der Waals surface area contributed by atoms with Crippen LogP contribution in [0.25, 0.3) is 0 Å². The zero-order valence-corrected chi connectivity index (χ0v) is 4.97. The predicted octanol–water partition coefficient (Wildman–Crippen LogP) is -1.76. The van der Waals surface area contributed by atoms with Crippen LogP contribution in [-0.2, 0) is 0 Å². The zero-order chi connectivity index (χ0) is 7.98. The molecule has 6 nitrogen and oxygen atoms in total. The molecule has 6 heteroatoms. The van der Waals surface area contributed by atoms with E-state index in [0.717, 1.165) is 0 Å². The van der Waals surface area contributed by atoms with Crippen LogP contribution in [0, 0.1) is 12.1 Å². The highest BCUT2D eigenvalue weighted by atomic mass is 16.2. The maximum Gasteiger partial charge on any atom is 0.323 e. The molecule has 0 rings (SSSR count). The van der Waals surface area contributed by atoms with E-state index in [-0.39, 0.29) is 0 Å². The second-order valence-electron chi connectivity index (χ2n) is 1.23. The topological polar surface area (TPSA) is 110 Å². The van der Waals surface area contributed by atoms with Crippen molar-refractivity contribution >= 4 is 12.1 Å². The molecule has 0 bridgehead atoms. The normalized spacial score (nSPS) is 6.80. The van der Waals surface area contributed by atoms with Gasteiger partial charge >= 0.3 is 12.1 Å². The molecule has 0 aliphatic carbocycles. The molecule has 0 fully saturated rings. The van der Waals surface area contributed by atoms with Gasteiger partial charge in [-0.15, -0.1) is 0 Å². The average molecular weight is 142 g/mol. The van der Waals surface area contributed by atoms with Crippen LogP contribution in [0.15, 0.2) is 0 Å². The van der Waals surface area contributed by atoms with Crippen molar-refractivity contribution in [3.05, 3.63) is 0 Å². The number of carbonyl (C=O) groups excluding carboxylic acids is 2. The smallest absolute Gasteiger partial charge is 0.323 e. The molecule has 0 spiro atoms. The molecule has 0 unspecified atom stereocenters. The van der Waals surface area contributed by atoms with Gasteiger partial charge in [-0.05, 0) is 0 Å². The fourth-order valence-electron chi connectivity index (χ4n) is 0.186. The molecule has 0 radical (unpaired) electrons. The number of hydrogen-bond acceptors (Lipinski definition) is 2. The van der Waals surface area contributed by atoms with E-state index in [1.54, 1.807) is 0 Å². The lowest BCUT2D eigenvalue weighted by molar-refractivity contribution is 0.251. The number of urea groups is 2. The summed E-state index contributed by atoms with van der Waals surface area (Å²) in [6.07, 6.45) is 0. The van der Waals surface area contributed by atoms with E-state index in [0.29, 0.717) is 0 Å². The van der Waals surface area contributed by atoms with Gasteiger partial charge in [0.2, 0.25) is 0 Å². The molecule has 0 aliphatic rings. The first kappa shape index (κ1) is 8.10. The Labute approximate surface area is 56.9 Å². The molecule has 0 aromatic heterocycles. The molecular weight excluding hydrogens is 136 g/mol. The molecule has 0 atom stereocenters. The maximum atomic E-state index is 9.91. The third-order valence-electron chi connectivity index (χ3n) is 0.434. The van der Waals surface area contributed by atoms with Crippen molar-refractivity contribution in [2.75, 3.05) is 0 Å². The summed E-state index contributed by atoms with van der Waals surface area (Å²) in [5.41, 5.74) is 9.23. The van der Waals surface area contributed by atoms with Gasteiger partial charge in [-0.2, -0.15) is 0 Å². The highest BCUT2D eigenvalue weighted by molar-refractivity contribution is 5.75. The van der Waals surface area contributed by atoms with E-state index < -0.39 is 12.1 Å². The lowest BCUT2D eigenvalue weighted by atomic mass is 10.9. The van der Waals surface area contributed by atoms with Gasteiger partial charge in [-0.3, -0.25) is 10.6 Å². The van der Waals surface area contributed by atoms with E-state index in [2.05, 4.69) is 11.5 Å². The lowest BCUT2D eigenvalue weighted by Crippen LogP contribution is -2.28. The number of rotatable bonds is 0. The fourth-order valence-corrected chi connectivity index (χ4v) is 0.186. The number of carbonyl (C=O) groups is 2. The van der Waals surface area contributed by atoms with Gasteiger partial charge in [-0.1, -0.05) is 0 Å². The van der Waals surface area contributed by atoms with Gasteiger partial charge in [0.25, 0.3) is 0 Å². The molecule has 0 saturated carbocycles. The number of hydrogen-bond donors (Lipinski definition) is 4. The van der Waals surface area contributed by atoms with Crippen LogP contribution >= 0.6 is 0 Å². The average Bonchev–Trinajstić information content (AvgIpc) is 1.79. The summed E-state index contributed by atoms with van der Waals surface area (Å²) in [5, 5.41) is 3.82. The largest absolute Gasteiger partial charge is 0.351 e. The van der Waals surface area contributed by atoms with E-state index >= 15 is 0 Å². The van der Waals surface area contributed by atoms with Crippen molar-refractivity contribution in [1.29, 1.82) is 0 Å². The maximum absolute atomic E-state index is 9.91. The summed E-state index contributed by atoms with van der Waals surface area (Å²) in [7, 11) is 0. The van der Waals surface area contributed by atoms with Crippen molar-refractivity contribution in [1.82, 2.24) is 10.6 Å². The standard InChI is InChI=1S/C4H6N4O2/c5-3(9)7-1-2-8-4(6)10/h(H3,5,7,9)(H3,6,8,10). The molecular formula is C4H6N4O2. The lowest BCUT2D eigenvalue weighted by Gasteiger charge is -1.86. The van der Waals surface area contributed by atoms with Crippen LogP contribution in [0.5, 0.6) is 0 Å². The predicted molar refractivity (Wildman–Crippen MR) is 33.2 cm³/mol. The molecule has 0 aliphatic heterocycles. The molecule has 6 N–H and O–H groups in total. The summed E-state index contributed by atoms with van der Waals surface area (Å²) < 4.78 is 0. The van der Waals surface area contributed by atoms with E-state index in [9.17, 15) is 9.59 Å². The first-order valence-corrected chi connectivity index (χ1v) is 2.24. The Morgan fingerprint density at radius 3 is 1.50 bits per heavy atom. The molecule has 0 aromatic carbocycles. The minimum absolute atomic E-state index is 0.793. The van der Waals surface area contributed by atoms with Gasteiger partial charge in [0.05, 0.1) is 0 Å². The molecule has 0 saturated heterocycles. The summed E-state index contributed by atoms with van der Waals surface area (Å²) in [5.74, 6) is 0. The van der Waals surface area contributed by atoms with E-state index in [4.69, 9.17) is 0 Å². The van der Waals surface area contributed by atoms with Crippen LogP contribution < -0.4 is 22.1 Å². The highest BCUT2D eigenvalue weighted by Gasteiger charge is 1.83. The number of amides is 4. The van der Waals surface area contributed by atoms with Crippen molar-refractivity contribution < 1.29 is 9.59 Å². The van der Waals surface area contributed by atoms with Crippen molar-refractivity contribution in [3.8, 4) is 12.1 Å². The van der Waals surface area contributed by atoms with Crippen molar-refractivity contribution in [3.63, 3.8) is 0 Å². The first-order valence-electron chi connectivity index (χ1n) is 2.24. The van der Waals surface area contributed by atoms with Gasteiger partial charge in [-0.25, -0.2) is 9.59 Å². The second-order valence-corrected chi connectivity index (χ2v) is 1.23. The Hall–Kier alpha value is -1.90. The van der Waals surface area contributed by atoms with Gasteiger partial charge in [0.1, 0.15) is 0 Å².